The average Bonchev–Trinajstić information content (AvgIpc) is 2.96. The van der Waals surface area contributed by atoms with E-state index >= 15 is 0 Å². The first kappa shape index (κ1) is 20.4. The molecule has 2 aromatic rings. The Morgan fingerprint density at radius 2 is 1.86 bits per heavy atom. The van der Waals surface area contributed by atoms with Crippen molar-refractivity contribution in [2.24, 2.45) is 0 Å². The molecule has 2 aromatic carbocycles. The molecule has 0 aromatic heterocycles. The molecule has 1 fully saturated rings. The molecule has 1 aliphatic heterocycles. The second-order valence-corrected chi connectivity index (χ2v) is 7.12. The van der Waals surface area contributed by atoms with Gasteiger partial charge in [-0.15, -0.1) is 0 Å². The van der Waals surface area contributed by atoms with Crippen LogP contribution in [0.2, 0.25) is 0 Å². The molecule has 1 amide bonds. The van der Waals surface area contributed by atoms with E-state index in [-0.39, 0.29) is 17.1 Å². The summed E-state index contributed by atoms with van der Waals surface area (Å²) in [6.45, 7) is 0.842. The molecule has 7 heteroatoms. The van der Waals surface area contributed by atoms with Crippen molar-refractivity contribution < 1.29 is 24.5 Å². The Balaban J connectivity index is 2.16. The van der Waals surface area contributed by atoms with Crippen LogP contribution in [-0.4, -0.2) is 66.0 Å². The third kappa shape index (κ3) is 4.09. The molecule has 1 heterocycles. The van der Waals surface area contributed by atoms with Crippen LogP contribution in [0.25, 0.3) is 5.76 Å². The average molecular weight is 396 g/mol. The lowest BCUT2D eigenvalue weighted by molar-refractivity contribution is -0.140. The van der Waals surface area contributed by atoms with E-state index in [1.807, 2.05) is 19.0 Å². The number of rotatable bonds is 6. The van der Waals surface area contributed by atoms with Gasteiger partial charge in [-0.25, -0.2) is 0 Å². The van der Waals surface area contributed by atoms with Crippen molar-refractivity contribution in [3.8, 4) is 11.5 Å². The van der Waals surface area contributed by atoms with Crippen LogP contribution in [0.5, 0.6) is 11.5 Å². The number of amides is 1. The van der Waals surface area contributed by atoms with Crippen molar-refractivity contribution in [3.63, 3.8) is 0 Å². The first-order valence-electron chi connectivity index (χ1n) is 9.20. The number of carbonyl (C=O) groups is 2. The predicted octanol–water partition coefficient (Wildman–Crippen LogP) is 2.38. The first-order valence-corrected chi connectivity index (χ1v) is 9.20. The van der Waals surface area contributed by atoms with Crippen molar-refractivity contribution in [3.05, 3.63) is 65.2 Å². The monoisotopic (exact) mass is 396 g/mol. The van der Waals surface area contributed by atoms with Crippen molar-refractivity contribution in [1.82, 2.24) is 9.80 Å². The zero-order chi connectivity index (χ0) is 21.1. The van der Waals surface area contributed by atoms with Crippen molar-refractivity contribution >= 4 is 17.4 Å². The summed E-state index contributed by atoms with van der Waals surface area (Å²) in [6.07, 6.45) is 0. The fourth-order valence-corrected chi connectivity index (χ4v) is 3.39. The fraction of sp³-hybridized carbons (Fsp3) is 0.273. The third-order valence-corrected chi connectivity index (χ3v) is 4.86. The zero-order valence-electron chi connectivity index (χ0n) is 16.6. The van der Waals surface area contributed by atoms with Crippen molar-refractivity contribution in [2.45, 2.75) is 6.04 Å². The number of Topliss-reactive ketones (excluding diaryl/α,β-unsaturated/α-hetero) is 1. The van der Waals surface area contributed by atoms with Gasteiger partial charge in [-0.3, -0.25) is 9.59 Å². The van der Waals surface area contributed by atoms with E-state index in [4.69, 9.17) is 4.74 Å². The number of methoxy groups -OCH3 is 1. The minimum absolute atomic E-state index is 0.00684. The van der Waals surface area contributed by atoms with Crippen LogP contribution >= 0.6 is 0 Å². The van der Waals surface area contributed by atoms with Gasteiger partial charge in [0.05, 0.1) is 18.7 Å². The molecule has 152 valence electrons. The number of nitrogens with zero attached hydrogens (tertiary/aromatic N) is 2. The molecule has 3 rings (SSSR count). The Morgan fingerprint density at radius 3 is 2.52 bits per heavy atom. The Hall–Kier alpha value is -3.32. The highest BCUT2D eigenvalue weighted by Crippen LogP contribution is 2.40. The summed E-state index contributed by atoms with van der Waals surface area (Å²) in [4.78, 5) is 29.0. The summed E-state index contributed by atoms with van der Waals surface area (Å²) >= 11 is 0. The molecule has 1 aliphatic rings. The van der Waals surface area contributed by atoms with E-state index in [9.17, 15) is 19.8 Å². The number of carbonyl (C=O) groups excluding carboxylic acids is 2. The number of likely N-dealkylation sites (tertiary alicyclic amines) is 1. The van der Waals surface area contributed by atoms with Crippen LogP contribution in [0.1, 0.15) is 17.2 Å². The second kappa shape index (κ2) is 8.36. The van der Waals surface area contributed by atoms with Gasteiger partial charge in [-0.2, -0.15) is 0 Å². The second-order valence-electron chi connectivity index (χ2n) is 7.12. The Kier molecular flexibility index (Phi) is 5.89. The highest BCUT2D eigenvalue weighted by atomic mass is 16.5. The molecule has 2 N–H and O–H groups in total. The largest absolute Gasteiger partial charge is 0.508 e. The van der Waals surface area contributed by atoms with Crippen LogP contribution in [-0.2, 0) is 9.59 Å². The number of phenolic OH excluding ortho intramolecular Hbond substituents is 1. The molecule has 1 atom stereocenters. The molecule has 0 aliphatic carbocycles. The molecule has 0 bridgehead atoms. The lowest BCUT2D eigenvalue weighted by Gasteiger charge is -2.26. The van der Waals surface area contributed by atoms with E-state index in [0.29, 0.717) is 30.0 Å². The summed E-state index contributed by atoms with van der Waals surface area (Å²) in [6, 6.07) is 12.2. The van der Waals surface area contributed by atoms with Crippen LogP contribution in [0.4, 0.5) is 0 Å². The van der Waals surface area contributed by atoms with Crippen molar-refractivity contribution in [2.75, 3.05) is 34.3 Å². The van der Waals surface area contributed by atoms with Gasteiger partial charge in [0.15, 0.2) is 0 Å². The van der Waals surface area contributed by atoms with E-state index < -0.39 is 17.7 Å². The summed E-state index contributed by atoms with van der Waals surface area (Å²) in [5.41, 5.74) is 0.917. The number of aliphatic hydroxyl groups is 1. The number of phenols is 1. The lowest BCUT2D eigenvalue weighted by atomic mass is 9.95. The normalized spacial score (nSPS) is 18.5. The number of hydrogen-bond acceptors (Lipinski definition) is 6. The lowest BCUT2D eigenvalue weighted by Crippen LogP contribution is -2.35. The third-order valence-electron chi connectivity index (χ3n) is 4.86. The summed E-state index contributed by atoms with van der Waals surface area (Å²) in [5, 5.41) is 20.9. The Morgan fingerprint density at radius 1 is 1.14 bits per heavy atom. The standard InChI is InChI=1S/C22H24N2O5/c1-23(2)10-11-24-19(14-6-4-8-16(25)12-14)18(21(27)22(24)28)20(26)15-7-5-9-17(13-15)29-3/h4-9,12-13,19,25-26H,10-11H2,1-3H3/b20-18+. The highest BCUT2D eigenvalue weighted by molar-refractivity contribution is 6.46. The fourth-order valence-electron chi connectivity index (χ4n) is 3.39. The van der Waals surface area contributed by atoms with Gasteiger partial charge in [0.25, 0.3) is 11.7 Å². The summed E-state index contributed by atoms with van der Waals surface area (Å²) in [7, 11) is 5.25. The number of ether oxygens (including phenoxy) is 1. The van der Waals surface area contributed by atoms with E-state index in [1.54, 1.807) is 36.4 Å². The van der Waals surface area contributed by atoms with Gasteiger partial charge in [0.1, 0.15) is 17.3 Å². The molecule has 7 nitrogen and oxygen atoms in total. The van der Waals surface area contributed by atoms with Gasteiger partial charge in [0.2, 0.25) is 0 Å². The summed E-state index contributed by atoms with van der Waals surface area (Å²) in [5.74, 6) is -1.17. The van der Waals surface area contributed by atoms with E-state index in [0.717, 1.165) is 0 Å². The van der Waals surface area contributed by atoms with Crippen LogP contribution in [0, 0.1) is 0 Å². The smallest absolute Gasteiger partial charge is 0.295 e. The Bertz CT molecular complexity index is 967. The molecule has 0 spiro atoms. The topological polar surface area (TPSA) is 90.3 Å². The molecular weight excluding hydrogens is 372 g/mol. The predicted molar refractivity (Wildman–Crippen MR) is 109 cm³/mol. The molecular formula is C22H24N2O5. The zero-order valence-corrected chi connectivity index (χ0v) is 16.6. The minimum Gasteiger partial charge on any atom is -0.508 e. The number of ketones is 1. The summed E-state index contributed by atoms with van der Waals surface area (Å²) < 4.78 is 5.19. The Labute approximate surface area is 169 Å². The quantitative estimate of drug-likeness (QED) is 0.443. The molecule has 0 radical (unpaired) electrons. The van der Waals surface area contributed by atoms with Gasteiger partial charge in [0, 0.05) is 18.7 Å². The first-order chi connectivity index (χ1) is 13.8. The number of hydrogen-bond donors (Lipinski definition) is 2. The van der Waals surface area contributed by atoms with Crippen LogP contribution in [0.15, 0.2) is 54.1 Å². The maximum Gasteiger partial charge on any atom is 0.295 e. The van der Waals surface area contributed by atoms with Crippen LogP contribution in [0.3, 0.4) is 0 Å². The minimum atomic E-state index is -0.798. The highest BCUT2D eigenvalue weighted by Gasteiger charge is 2.46. The number of likely N-dealkylation sites (N-methyl/N-ethyl adjacent to an activating group) is 1. The van der Waals surface area contributed by atoms with Gasteiger partial charge < -0.3 is 24.7 Å². The molecule has 1 unspecified atom stereocenters. The SMILES string of the molecule is COc1cccc(/C(O)=C2\C(=O)C(=O)N(CCN(C)C)C2c2cccc(O)c2)c1. The maximum atomic E-state index is 12.9. The van der Waals surface area contributed by atoms with Gasteiger partial charge >= 0.3 is 0 Å². The maximum absolute atomic E-state index is 12.9. The van der Waals surface area contributed by atoms with Crippen molar-refractivity contribution in [1.29, 1.82) is 0 Å². The van der Waals surface area contributed by atoms with Gasteiger partial charge in [-0.1, -0.05) is 24.3 Å². The van der Waals surface area contributed by atoms with Gasteiger partial charge in [-0.05, 0) is 43.9 Å². The number of benzene rings is 2. The van der Waals surface area contributed by atoms with E-state index in [1.165, 1.54) is 24.1 Å². The van der Waals surface area contributed by atoms with E-state index in [2.05, 4.69) is 0 Å². The molecule has 1 saturated heterocycles. The molecule has 0 saturated carbocycles. The van der Waals surface area contributed by atoms with Crippen LogP contribution < -0.4 is 4.74 Å². The number of aliphatic hydroxyl groups excluding tert-OH is 1. The number of aromatic hydroxyl groups is 1. The molecule has 29 heavy (non-hydrogen) atoms.